The van der Waals surface area contributed by atoms with E-state index in [1.807, 2.05) is 32.0 Å². The van der Waals surface area contributed by atoms with Crippen LogP contribution in [0.3, 0.4) is 0 Å². The monoisotopic (exact) mass is 298 g/mol. The lowest BCUT2D eigenvalue weighted by molar-refractivity contribution is -0.136. The summed E-state index contributed by atoms with van der Waals surface area (Å²) in [6, 6.07) is 11.4. The van der Waals surface area contributed by atoms with Crippen LogP contribution in [-0.2, 0) is 11.2 Å². The van der Waals surface area contributed by atoms with E-state index in [0.29, 0.717) is 5.56 Å². The molecule has 2 aromatic rings. The fourth-order valence-corrected chi connectivity index (χ4v) is 3.04. The van der Waals surface area contributed by atoms with Crippen molar-refractivity contribution in [1.29, 1.82) is 5.26 Å². The largest absolute Gasteiger partial charge is 0.481 e. The van der Waals surface area contributed by atoms with Gasteiger partial charge in [0, 0.05) is 15.5 Å². The lowest BCUT2D eigenvalue weighted by Gasteiger charge is -2.08. The highest BCUT2D eigenvalue weighted by molar-refractivity contribution is 7.99. The van der Waals surface area contributed by atoms with Crippen molar-refractivity contribution in [1.82, 2.24) is 4.98 Å². The molecule has 0 atom stereocenters. The highest BCUT2D eigenvalue weighted by Gasteiger charge is 2.10. The molecule has 0 aliphatic rings. The molecule has 0 bridgehead atoms. The highest BCUT2D eigenvalue weighted by atomic mass is 32.2. The number of benzene rings is 1. The fourth-order valence-electron chi connectivity index (χ4n) is 1.99. The minimum atomic E-state index is -0.845. The summed E-state index contributed by atoms with van der Waals surface area (Å²) in [6.45, 7) is 3.72. The van der Waals surface area contributed by atoms with Crippen LogP contribution < -0.4 is 0 Å². The first-order chi connectivity index (χ1) is 9.99. The van der Waals surface area contributed by atoms with Gasteiger partial charge in [-0.05, 0) is 37.6 Å². The van der Waals surface area contributed by atoms with Crippen molar-refractivity contribution in [3.8, 4) is 6.07 Å². The normalized spacial score (nSPS) is 10.1. The lowest BCUT2D eigenvalue weighted by Crippen LogP contribution is -1.99. The Bertz CT molecular complexity index is 718. The Morgan fingerprint density at radius 2 is 2.00 bits per heavy atom. The van der Waals surface area contributed by atoms with Gasteiger partial charge < -0.3 is 5.11 Å². The van der Waals surface area contributed by atoms with Crippen molar-refractivity contribution in [2.24, 2.45) is 0 Å². The van der Waals surface area contributed by atoms with Crippen LogP contribution in [0.5, 0.6) is 0 Å². The summed E-state index contributed by atoms with van der Waals surface area (Å²) in [6.07, 6.45) is 0.0157. The van der Waals surface area contributed by atoms with E-state index in [-0.39, 0.29) is 6.42 Å². The molecule has 1 aromatic heterocycles. The van der Waals surface area contributed by atoms with E-state index in [0.717, 1.165) is 26.7 Å². The molecule has 21 heavy (non-hydrogen) atoms. The number of nitrogens with zero attached hydrogens (tertiary/aromatic N) is 2. The van der Waals surface area contributed by atoms with Crippen molar-refractivity contribution in [2.75, 3.05) is 0 Å². The summed E-state index contributed by atoms with van der Waals surface area (Å²) in [5.41, 5.74) is 2.94. The second kappa shape index (κ2) is 6.42. The number of aliphatic carboxylic acids is 1. The molecule has 0 radical (unpaired) electrons. The molecule has 0 aliphatic heterocycles. The van der Waals surface area contributed by atoms with Gasteiger partial charge in [0.2, 0.25) is 0 Å². The van der Waals surface area contributed by atoms with E-state index in [4.69, 9.17) is 5.11 Å². The molecule has 0 saturated carbocycles. The van der Waals surface area contributed by atoms with Crippen LogP contribution >= 0.6 is 11.8 Å². The van der Waals surface area contributed by atoms with E-state index in [1.165, 1.54) is 11.8 Å². The van der Waals surface area contributed by atoms with Crippen molar-refractivity contribution >= 4 is 17.7 Å². The standard InChI is InChI=1S/C16H14N2O2S/c1-10-7-15(14(9-17)11(2)18-10)21-13-5-3-12(4-6-13)8-16(19)20/h3-7H,8H2,1-2H3,(H,19,20). The van der Waals surface area contributed by atoms with Gasteiger partial charge in [0.25, 0.3) is 0 Å². The van der Waals surface area contributed by atoms with E-state index >= 15 is 0 Å². The number of nitriles is 1. The van der Waals surface area contributed by atoms with Crippen molar-refractivity contribution in [3.05, 3.63) is 52.8 Å². The first kappa shape index (κ1) is 15.1. The average Bonchev–Trinajstić information content (AvgIpc) is 2.40. The summed E-state index contributed by atoms with van der Waals surface area (Å²) in [5.74, 6) is -0.845. The molecule has 0 unspecified atom stereocenters. The van der Waals surface area contributed by atoms with Gasteiger partial charge >= 0.3 is 5.97 Å². The Labute approximate surface area is 127 Å². The molecule has 1 heterocycles. The van der Waals surface area contributed by atoms with E-state index < -0.39 is 5.97 Å². The number of hydrogen-bond acceptors (Lipinski definition) is 4. The maximum absolute atomic E-state index is 10.7. The van der Waals surface area contributed by atoms with Gasteiger partial charge in [0.05, 0.1) is 17.7 Å². The van der Waals surface area contributed by atoms with Gasteiger partial charge in [-0.15, -0.1) is 0 Å². The predicted molar refractivity (Wildman–Crippen MR) is 80.3 cm³/mol. The van der Waals surface area contributed by atoms with Gasteiger partial charge in [0.15, 0.2) is 0 Å². The van der Waals surface area contributed by atoms with Crippen LogP contribution in [0.15, 0.2) is 40.1 Å². The van der Waals surface area contributed by atoms with Gasteiger partial charge in [0.1, 0.15) is 6.07 Å². The molecule has 5 heteroatoms. The van der Waals surface area contributed by atoms with Crippen LogP contribution in [0.4, 0.5) is 0 Å². The Hall–Kier alpha value is -2.32. The van der Waals surface area contributed by atoms with E-state index in [2.05, 4.69) is 11.1 Å². The first-order valence-electron chi connectivity index (χ1n) is 6.36. The molecule has 0 spiro atoms. The Balaban J connectivity index is 2.26. The molecule has 1 N–H and O–H groups in total. The molecule has 1 aromatic carbocycles. The molecule has 0 aliphatic carbocycles. The number of carbonyl (C=O) groups is 1. The SMILES string of the molecule is Cc1cc(Sc2ccc(CC(=O)O)cc2)c(C#N)c(C)n1. The summed E-state index contributed by atoms with van der Waals surface area (Å²) < 4.78 is 0. The smallest absolute Gasteiger partial charge is 0.307 e. The van der Waals surface area contributed by atoms with Crippen LogP contribution in [0.2, 0.25) is 0 Å². The Kier molecular flexibility index (Phi) is 4.61. The molecule has 4 nitrogen and oxygen atoms in total. The average molecular weight is 298 g/mol. The van der Waals surface area contributed by atoms with Crippen molar-refractivity contribution < 1.29 is 9.90 Å². The molecular weight excluding hydrogens is 284 g/mol. The van der Waals surface area contributed by atoms with E-state index in [9.17, 15) is 10.1 Å². The zero-order valence-corrected chi connectivity index (χ0v) is 12.6. The van der Waals surface area contributed by atoms with Crippen LogP contribution in [-0.4, -0.2) is 16.1 Å². The van der Waals surface area contributed by atoms with Crippen LogP contribution in [0.25, 0.3) is 0 Å². The molecule has 0 saturated heterocycles. The third kappa shape index (κ3) is 3.83. The number of hydrogen-bond donors (Lipinski definition) is 1. The molecular formula is C16H14N2O2S. The number of carboxylic acid groups (broad SMARTS) is 1. The minimum absolute atomic E-state index is 0.0157. The molecule has 106 valence electrons. The fraction of sp³-hybridized carbons (Fsp3) is 0.188. The van der Waals surface area contributed by atoms with Gasteiger partial charge in [-0.25, -0.2) is 0 Å². The molecule has 0 amide bonds. The van der Waals surface area contributed by atoms with Crippen LogP contribution in [0.1, 0.15) is 22.5 Å². The molecule has 0 fully saturated rings. The Morgan fingerprint density at radius 3 is 2.57 bits per heavy atom. The first-order valence-corrected chi connectivity index (χ1v) is 7.18. The maximum atomic E-state index is 10.7. The van der Waals surface area contributed by atoms with Gasteiger partial charge in [-0.2, -0.15) is 5.26 Å². The summed E-state index contributed by atoms with van der Waals surface area (Å²) in [7, 11) is 0. The summed E-state index contributed by atoms with van der Waals surface area (Å²) >= 11 is 1.48. The zero-order chi connectivity index (χ0) is 15.4. The predicted octanol–water partition coefficient (Wildman–Crippen LogP) is 3.35. The van der Waals surface area contributed by atoms with Crippen molar-refractivity contribution in [2.45, 2.75) is 30.1 Å². The number of aryl methyl sites for hydroxylation is 2. The number of aromatic nitrogens is 1. The quantitative estimate of drug-likeness (QED) is 0.937. The number of carboxylic acids is 1. The Morgan fingerprint density at radius 1 is 1.33 bits per heavy atom. The molecule has 2 rings (SSSR count). The highest BCUT2D eigenvalue weighted by Crippen LogP contribution is 2.31. The summed E-state index contributed by atoms with van der Waals surface area (Å²) in [4.78, 5) is 16.8. The topological polar surface area (TPSA) is 74.0 Å². The van der Waals surface area contributed by atoms with Gasteiger partial charge in [-0.1, -0.05) is 23.9 Å². The van der Waals surface area contributed by atoms with Crippen molar-refractivity contribution in [3.63, 3.8) is 0 Å². The lowest BCUT2D eigenvalue weighted by atomic mass is 10.2. The number of pyridine rings is 1. The van der Waals surface area contributed by atoms with Crippen LogP contribution in [0, 0.1) is 25.2 Å². The maximum Gasteiger partial charge on any atom is 0.307 e. The third-order valence-corrected chi connectivity index (χ3v) is 3.96. The number of rotatable bonds is 4. The zero-order valence-electron chi connectivity index (χ0n) is 11.8. The minimum Gasteiger partial charge on any atom is -0.481 e. The van der Waals surface area contributed by atoms with E-state index in [1.54, 1.807) is 12.1 Å². The second-order valence-corrected chi connectivity index (χ2v) is 5.77. The summed E-state index contributed by atoms with van der Waals surface area (Å²) in [5, 5.41) is 18.0. The third-order valence-electron chi connectivity index (χ3n) is 2.91. The van der Waals surface area contributed by atoms with Gasteiger partial charge in [-0.3, -0.25) is 9.78 Å². The second-order valence-electron chi connectivity index (χ2n) is 4.65.